The molecule has 0 saturated carbocycles. The monoisotopic (exact) mass is 407 g/mol. The number of halogens is 2. The molecule has 0 spiro atoms. The summed E-state index contributed by atoms with van der Waals surface area (Å²) in [6, 6.07) is 14.4. The minimum Gasteiger partial charge on any atom is -0.370 e. The maximum atomic E-state index is 13.3. The van der Waals surface area contributed by atoms with Gasteiger partial charge in [0.2, 0.25) is 0 Å². The molecule has 2 aromatic carbocycles. The van der Waals surface area contributed by atoms with Gasteiger partial charge in [-0.1, -0.05) is 29.8 Å². The Morgan fingerprint density at radius 1 is 1.18 bits per heavy atom. The number of carbonyl (C=O) groups is 1. The molecule has 1 amide bonds. The third kappa shape index (κ3) is 6.01. The van der Waals surface area contributed by atoms with Crippen LogP contribution < -0.4 is 15.5 Å². The van der Waals surface area contributed by atoms with Crippen LogP contribution in [0, 0.1) is 5.82 Å². The smallest absolute Gasteiger partial charge is 0.275 e. The van der Waals surface area contributed by atoms with Crippen LogP contribution in [0.25, 0.3) is 0 Å². The van der Waals surface area contributed by atoms with E-state index in [1.165, 1.54) is 17.0 Å². The minimum absolute atomic E-state index is 0.0326. The highest BCUT2D eigenvalue weighted by Gasteiger charge is 2.28. The number of carbonyl (C=O) groups excluding carboxylic acids is 1. The van der Waals surface area contributed by atoms with E-state index < -0.39 is 0 Å². The largest absolute Gasteiger partial charge is 0.370 e. The molecule has 1 atom stereocenters. The average molecular weight is 408 g/mol. The molecule has 0 bridgehead atoms. The Bertz CT molecular complexity index is 767. The van der Waals surface area contributed by atoms with Crippen molar-refractivity contribution >= 4 is 17.5 Å². The molecule has 150 valence electrons. The summed E-state index contributed by atoms with van der Waals surface area (Å²) in [5.41, 5.74) is 1.99. The highest BCUT2D eigenvalue weighted by molar-refractivity contribution is 6.31. The zero-order chi connectivity index (χ0) is 19.8. The van der Waals surface area contributed by atoms with E-state index in [0.29, 0.717) is 18.1 Å². The Labute approximate surface area is 169 Å². The first kappa shape index (κ1) is 20.7. The van der Waals surface area contributed by atoms with Crippen LogP contribution in [0.1, 0.15) is 17.2 Å². The average Bonchev–Trinajstić information content (AvgIpc) is 2.72. The lowest BCUT2D eigenvalue weighted by Gasteiger charge is -2.30. The lowest BCUT2D eigenvalue weighted by Crippen LogP contribution is -3.16. The van der Waals surface area contributed by atoms with Gasteiger partial charge in [-0.3, -0.25) is 4.79 Å². The van der Waals surface area contributed by atoms with E-state index in [1.54, 1.807) is 0 Å². The van der Waals surface area contributed by atoms with Crippen molar-refractivity contribution in [1.82, 2.24) is 5.32 Å². The molecule has 1 fully saturated rings. The van der Waals surface area contributed by atoms with Gasteiger partial charge in [-0.15, -0.1) is 0 Å². The summed E-state index contributed by atoms with van der Waals surface area (Å²) in [6.07, 6.45) is 0. The number of amides is 1. The second-order valence-corrected chi connectivity index (χ2v) is 7.38. The molecule has 0 radical (unpaired) electrons. The predicted octanol–water partition coefficient (Wildman–Crippen LogP) is 0.315. The summed E-state index contributed by atoms with van der Waals surface area (Å²) in [4.78, 5) is 13.6. The van der Waals surface area contributed by atoms with Crippen molar-refractivity contribution in [2.45, 2.75) is 12.6 Å². The standard InChI is InChI=1S/C21H25ClFN3O2/c22-19-4-2-1-3-17(19)13-25-21(27)15-24-14-20(26-9-11-28-12-10-26)16-5-7-18(23)8-6-16/h1-8,20,24H,9-15H2,(H,25,27)/p+2/t20-/m0/s1. The summed E-state index contributed by atoms with van der Waals surface area (Å²) in [7, 11) is 0. The normalized spacial score (nSPS) is 15.9. The maximum absolute atomic E-state index is 13.3. The quantitative estimate of drug-likeness (QED) is 0.590. The number of benzene rings is 2. The first-order chi connectivity index (χ1) is 13.6. The van der Waals surface area contributed by atoms with Crippen molar-refractivity contribution in [1.29, 1.82) is 0 Å². The van der Waals surface area contributed by atoms with Crippen LogP contribution in [0.15, 0.2) is 48.5 Å². The molecule has 1 aliphatic heterocycles. The van der Waals surface area contributed by atoms with Gasteiger partial charge in [-0.05, 0) is 35.9 Å². The van der Waals surface area contributed by atoms with E-state index in [1.807, 2.05) is 41.7 Å². The van der Waals surface area contributed by atoms with Crippen LogP contribution in [-0.4, -0.2) is 45.3 Å². The van der Waals surface area contributed by atoms with Crippen molar-refractivity contribution in [3.05, 3.63) is 70.5 Å². The Balaban J connectivity index is 1.52. The molecule has 2 aromatic rings. The Kier molecular flexibility index (Phi) is 7.80. The Hall–Kier alpha value is -1.99. The Morgan fingerprint density at radius 3 is 2.61 bits per heavy atom. The van der Waals surface area contributed by atoms with Gasteiger partial charge in [0.1, 0.15) is 25.5 Å². The molecule has 4 N–H and O–H groups in total. The van der Waals surface area contributed by atoms with Crippen molar-refractivity contribution in [2.24, 2.45) is 0 Å². The second kappa shape index (κ2) is 10.5. The fourth-order valence-corrected chi connectivity index (χ4v) is 3.71. The zero-order valence-electron chi connectivity index (χ0n) is 15.8. The fourth-order valence-electron chi connectivity index (χ4n) is 3.50. The van der Waals surface area contributed by atoms with Gasteiger partial charge >= 0.3 is 0 Å². The molecule has 3 rings (SSSR count). The molecule has 0 aromatic heterocycles. The molecule has 1 heterocycles. The molecule has 0 unspecified atom stereocenters. The summed E-state index contributed by atoms with van der Waals surface area (Å²) in [6.45, 7) is 4.79. The number of hydrogen-bond acceptors (Lipinski definition) is 2. The first-order valence-corrected chi connectivity index (χ1v) is 10.0. The number of nitrogens with one attached hydrogen (secondary N) is 2. The summed E-state index contributed by atoms with van der Waals surface area (Å²) < 4.78 is 18.8. The maximum Gasteiger partial charge on any atom is 0.275 e. The number of nitrogens with two attached hydrogens (primary N) is 1. The van der Waals surface area contributed by atoms with Gasteiger partial charge in [0, 0.05) is 17.1 Å². The minimum atomic E-state index is -0.234. The lowest BCUT2D eigenvalue weighted by atomic mass is 10.0. The van der Waals surface area contributed by atoms with Gasteiger partial charge in [0.15, 0.2) is 12.6 Å². The van der Waals surface area contributed by atoms with Gasteiger partial charge in [0.05, 0.1) is 13.2 Å². The highest BCUT2D eigenvalue weighted by Crippen LogP contribution is 2.14. The van der Waals surface area contributed by atoms with E-state index in [0.717, 1.165) is 44.0 Å². The van der Waals surface area contributed by atoms with Gasteiger partial charge in [-0.2, -0.15) is 0 Å². The van der Waals surface area contributed by atoms with Crippen LogP contribution in [0.2, 0.25) is 5.02 Å². The fraction of sp³-hybridized carbons (Fsp3) is 0.381. The van der Waals surface area contributed by atoms with Crippen LogP contribution >= 0.6 is 11.6 Å². The summed E-state index contributed by atoms with van der Waals surface area (Å²) >= 11 is 6.12. The predicted molar refractivity (Wildman–Crippen MR) is 106 cm³/mol. The van der Waals surface area contributed by atoms with Crippen LogP contribution in [0.4, 0.5) is 4.39 Å². The van der Waals surface area contributed by atoms with Crippen LogP contribution in [0.3, 0.4) is 0 Å². The van der Waals surface area contributed by atoms with E-state index in [9.17, 15) is 9.18 Å². The Morgan fingerprint density at radius 2 is 1.89 bits per heavy atom. The van der Waals surface area contributed by atoms with E-state index in [2.05, 4.69) is 5.32 Å². The number of hydrogen-bond donors (Lipinski definition) is 3. The van der Waals surface area contributed by atoms with Gasteiger partial charge in [0.25, 0.3) is 5.91 Å². The van der Waals surface area contributed by atoms with E-state index in [-0.39, 0.29) is 17.8 Å². The van der Waals surface area contributed by atoms with E-state index >= 15 is 0 Å². The van der Waals surface area contributed by atoms with Gasteiger partial charge < -0.3 is 20.3 Å². The van der Waals surface area contributed by atoms with Crippen molar-refractivity contribution in [3.8, 4) is 0 Å². The van der Waals surface area contributed by atoms with E-state index in [4.69, 9.17) is 16.3 Å². The third-order valence-electron chi connectivity index (χ3n) is 5.07. The molecule has 0 aliphatic carbocycles. The SMILES string of the molecule is O=C(C[NH2+]C[C@@H](c1ccc(F)cc1)[NH+]1CCOCC1)NCc1ccccc1Cl. The second-order valence-electron chi connectivity index (χ2n) is 6.97. The summed E-state index contributed by atoms with van der Waals surface area (Å²) in [5.74, 6) is -0.267. The zero-order valence-corrected chi connectivity index (χ0v) is 16.6. The van der Waals surface area contributed by atoms with Crippen molar-refractivity contribution in [2.75, 3.05) is 39.4 Å². The molecule has 7 heteroatoms. The molecule has 28 heavy (non-hydrogen) atoms. The van der Waals surface area contributed by atoms with Crippen molar-refractivity contribution < 1.29 is 24.1 Å². The van der Waals surface area contributed by atoms with Gasteiger partial charge in [-0.25, -0.2) is 4.39 Å². The first-order valence-electron chi connectivity index (χ1n) is 9.63. The molecule has 1 aliphatic rings. The molecular formula is C21H27ClFN3O2+2. The lowest BCUT2D eigenvalue weighted by molar-refractivity contribution is -0.951. The van der Waals surface area contributed by atoms with Crippen LogP contribution in [0.5, 0.6) is 0 Å². The number of ether oxygens (including phenoxy) is 1. The molecular weight excluding hydrogens is 381 g/mol. The third-order valence-corrected chi connectivity index (χ3v) is 5.43. The summed E-state index contributed by atoms with van der Waals surface area (Å²) in [5, 5.41) is 5.57. The van der Waals surface area contributed by atoms with Crippen molar-refractivity contribution in [3.63, 3.8) is 0 Å². The molecule has 1 saturated heterocycles. The van der Waals surface area contributed by atoms with Crippen LogP contribution in [-0.2, 0) is 16.1 Å². The highest BCUT2D eigenvalue weighted by atomic mass is 35.5. The topological polar surface area (TPSA) is 59.4 Å². The number of quaternary nitrogens is 2. The number of morpholine rings is 1. The molecule has 5 nitrogen and oxygen atoms in total. The number of rotatable bonds is 8.